The number of rotatable bonds is 6. The number of hydrogen-bond donors (Lipinski definition) is 2. The quantitative estimate of drug-likeness (QED) is 0.816. The Morgan fingerprint density at radius 3 is 2.58 bits per heavy atom. The summed E-state index contributed by atoms with van der Waals surface area (Å²) < 4.78 is 26.0. The number of nitrogens with one attached hydrogen (secondary N) is 2. The molecular weight excluding hydrogens is 332 g/mol. The SMILES string of the molecule is CCNS(=O)(=O)CCNC(=O)c1cc(C)cc(Br)c1. The summed E-state index contributed by atoms with van der Waals surface area (Å²) in [6, 6.07) is 5.34. The van der Waals surface area contributed by atoms with Crippen LogP contribution in [0.3, 0.4) is 0 Å². The highest BCUT2D eigenvalue weighted by molar-refractivity contribution is 9.10. The number of hydrogen-bond acceptors (Lipinski definition) is 3. The van der Waals surface area contributed by atoms with Gasteiger partial charge in [0.25, 0.3) is 5.91 Å². The predicted octanol–water partition coefficient (Wildman–Crippen LogP) is 1.43. The van der Waals surface area contributed by atoms with Crippen LogP contribution in [0.5, 0.6) is 0 Å². The van der Waals surface area contributed by atoms with Gasteiger partial charge in [-0.2, -0.15) is 0 Å². The zero-order valence-electron chi connectivity index (χ0n) is 10.9. The number of carbonyl (C=O) groups is 1. The van der Waals surface area contributed by atoms with Crippen LogP contribution in [0.15, 0.2) is 22.7 Å². The van der Waals surface area contributed by atoms with Gasteiger partial charge in [-0.3, -0.25) is 4.79 Å². The molecule has 0 bridgehead atoms. The average Bonchev–Trinajstić information content (AvgIpc) is 2.27. The number of sulfonamides is 1. The van der Waals surface area contributed by atoms with Crippen LogP contribution in [0.1, 0.15) is 22.8 Å². The van der Waals surface area contributed by atoms with Crippen molar-refractivity contribution in [2.24, 2.45) is 0 Å². The fourth-order valence-electron chi connectivity index (χ4n) is 1.56. The highest BCUT2D eigenvalue weighted by Crippen LogP contribution is 2.15. The molecule has 1 aromatic rings. The maximum absolute atomic E-state index is 11.8. The van der Waals surface area contributed by atoms with Gasteiger partial charge in [0, 0.05) is 23.1 Å². The molecule has 0 aliphatic rings. The number of aryl methyl sites for hydroxylation is 1. The van der Waals surface area contributed by atoms with E-state index in [1.165, 1.54) is 0 Å². The monoisotopic (exact) mass is 348 g/mol. The molecule has 106 valence electrons. The van der Waals surface area contributed by atoms with E-state index in [-0.39, 0.29) is 18.2 Å². The summed E-state index contributed by atoms with van der Waals surface area (Å²) in [5.74, 6) is -0.407. The number of carbonyl (C=O) groups excluding carboxylic acids is 1. The molecule has 1 aromatic carbocycles. The fraction of sp³-hybridized carbons (Fsp3) is 0.417. The van der Waals surface area contributed by atoms with Crippen LogP contribution in [-0.2, 0) is 10.0 Å². The Morgan fingerprint density at radius 2 is 2.00 bits per heavy atom. The molecule has 0 spiro atoms. The van der Waals surface area contributed by atoms with E-state index in [1.54, 1.807) is 19.1 Å². The van der Waals surface area contributed by atoms with Gasteiger partial charge in [-0.25, -0.2) is 13.1 Å². The lowest BCUT2D eigenvalue weighted by atomic mass is 10.1. The van der Waals surface area contributed by atoms with Crippen molar-refractivity contribution in [1.82, 2.24) is 10.0 Å². The van der Waals surface area contributed by atoms with Crippen LogP contribution in [0, 0.1) is 6.92 Å². The van der Waals surface area contributed by atoms with Crippen LogP contribution in [0.2, 0.25) is 0 Å². The molecule has 0 saturated heterocycles. The molecular formula is C12H17BrN2O3S. The molecule has 1 amide bonds. The van der Waals surface area contributed by atoms with Crippen molar-refractivity contribution >= 4 is 31.9 Å². The van der Waals surface area contributed by atoms with Crippen molar-refractivity contribution in [3.63, 3.8) is 0 Å². The van der Waals surface area contributed by atoms with Gasteiger partial charge in [-0.15, -0.1) is 0 Å². The van der Waals surface area contributed by atoms with E-state index in [2.05, 4.69) is 26.0 Å². The van der Waals surface area contributed by atoms with Gasteiger partial charge in [-0.1, -0.05) is 22.9 Å². The highest BCUT2D eigenvalue weighted by Gasteiger charge is 2.11. The van der Waals surface area contributed by atoms with E-state index >= 15 is 0 Å². The van der Waals surface area contributed by atoms with E-state index < -0.39 is 10.0 Å². The molecule has 0 aliphatic heterocycles. The standard InChI is InChI=1S/C12H17BrN2O3S/c1-3-15-19(17,18)5-4-14-12(16)10-6-9(2)7-11(13)8-10/h6-8,15H,3-5H2,1-2H3,(H,14,16). The second kappa shape index (κ2) is 7.02. The van der Waals surface area contributed by atoms with Crippen LogP contribution in [-0.4, -0.2) is 33.2 Å². The second-order valence-electron chi connectivity index (χ2n) is 4.09. The maximum atomic E-state index is 11.8. The molecule has 0 saturated carbocycles. The van der Waals surface area contributed by atoms with Gasteiger partial charge in [0.05, 0.1) is 5.75 Å². The first-order valence-electron chi connectivity index (χ1n) is 5.87. The molecule has 0 aromatic heterocycles. The van der Waals surface area contributed by atoms with Gasteiger partial charge >= 0.3 is 0 Å². The van der Waals surface area contributed by atoms with E-state index in [1.807, 2.05) is 13.0 Å². The zero-order chi connectivity index (χ0) is 14.5. The lowest BCUT2D eigenvalue weighted by Crippen LogP contribution is -2.34. The maximum Gasteiger partial charge on any atom is 0.251 e. The first-order valence-corrected chi connectivity index (χ1v) is 8.31. The number of amides is 1. The van der Waals surface area contributed by atoms with Gasteiger partial charge in [0.2, 0.25) is 10.0 Å². The molecule has 7 heteroatoms. The first kappa shape index (κ1) is 16.1. The summed E-state index contributed by atoms with van der Waals surface area (Å²) in [4.78, 5) is 11.8. The topological polar surface area (TPSA) is 75.3 Å². The smallest absolute Gasteiger partial charge is 0.251 e. The van der Waals surface area contributed by atoms with E-state index in [9.17, 15) is 13.2 Å². The Balaban J connectivity index is 2.57. The Morgan fingerprint density at radius 1 is 1.32 bits per heavy atom. The van der Waals surface area contributed by atoms with E-state index in [0.717, 1.165) is 10.0 Å². The molecule has 5 nitrogen and oxygen atoms in total. The second-order valence-corrected chi connectivity index (χ2v) is 6.93. The average molecular weight is 349 g/mol. The van der Waals surface area contributed by atoms with Crippen LogP contribution >= 0.6 is 15.9 Å². The molecule has 0 unspecified atom stereocenters. The Labute approximate surface area is 122 Å². The summed E-state index contributed by atoms with van der Waals surface area (Å²) in [5, 5.41) is 2.59. The third-order valence-corrected chi connectivity index (χ3v) is 4.25. The molecule has 0 aliphatic carbocycles. The normalized spacial score (nSPS) is 11.3. The summed E-state index contributed by atoms with van der Waals surface area (Å²) in [7, 11) is -3.30. The fourth-order valence-corrected chi connectivity index (χ4v) is 3.12. The Bertz CT molecular complexity index is 538. The van der Waals surface area contributed by atoms with Crippen LogP contribution in [0.4, 0.5) is 0 Å². The first-order chi connectivity index (χ1) is 8.84. The van der Waals surface area contributed by atoms with Crippen molar-refractivity contribution in [1.29, 1.82) is 0 Å². The minimum absolute atomic E-state index is 0.0831. The van der Waals surface area contributed by atoms with E-state index in [4.69, 9.17) is 0 Å². The van der Waals surface area contributed by atoms with Crippen LogP contribution in [0.25, 0.3) is 0 Å². The van der Waals surface area contributed by atoms with Crippen molar-refractivity contribution < 1.29 is 13.2 Å². The summed E-state index contributed by atoms with van der Waals surface area (Å²) in [6.45, 7) is 4.03. The van der Waals surface area contributed by atoms with Crippen molar-refractivity contribution in [2.45, 2.75) is 13.8 Å². The zero-order valence-corrected chi connectivity index (χ0v) is 13.3. The summed E-state index contributed by atoms with van der Waals surface area (Å²) in [6.07, 6.45) is 0. The molecule has 0 atom stereocenters. The van der Waals surface area contributed by atoms with Gasteiger partial charge < -0.3 is 5.32 Å². The van der Waals surface area contributed by atoms with Crippen molar-refractivity contribution in [2.75, 3.05) is 18.8 Å². The summed E-state index contributed by atoms with van der Waals surface area (Å²) in [5.41, 5.74) is 1.47. The highest BCUT2D eigenvalue weighted by atomic mass is 79.9. The summed E-state index contributed by atoms with van der Waals surface area (Å²) >= 11 is 3.32. The third kappa shape index (κ3) is 5.71. The predicted molar refractivity (Wildman–Crippen MR) is 78.7 cm³/mol. The Kier molecular flexibility index (Phi) is 5.96. The van der Waals surface area contributed by atoms with Gasteiger partial charge in [-0.05, 0) is 30.7 Å². The number of benzene rings is 1. The van der Waals surface area contributed by atoms with E-state index in [0.29, 0.717) is 12.1 Å². The lowest BCUT2D eigenvalue weighted by molar-refractivity contribution is 0.0956. The molecule has 0 radical (unpaired) electrons. The Hall–Kier alpha value is -0.920. The van der Waals surface area contributed by atoms with Crippen molar-refractivity contribution in [3.8, 4) is 0 Å². The number of halogens is 1. The molecule has 0 fully saturated rings. The lowest BCUT2D eigenvalue weighted by Gasteiger charge is -2.07. The van der Waals surface area contributed by atoms with Gasteiger partial charge in [0.1, 0.15) is 0 Å². The molecule has 1 rings (SSSR count). The molecule has 2 N–H and O–H groups in total. The molecule has 19 heavy (non-hydrogen) atoms. The minimum atomic E-state index is -3.30. The van der Waals surface area contributed by atoms with Gasteiger partial charge in [0.15, 0.2) is 0 Å². The molecule has 0 heterocycles. The minimum Gasteiger partial charge on any atom is -0.351 e. The van der Waals surface area contributed by atoms with Crippen molar-refractivity contribution in [3.05, 3.63) is 33.8 Å². The largest absolute Gasteiger partial charge is 0.351 e. The van der Waals surface area contributed by atoms with Crippen LogP contribution < -0.4 is 10.0 Å². The third-order valence-electron chi connectivity index (χ3n) is 2.32.